The van der Waals surface area contributed by atoms with Gasteiger partial charge in [0.15, 0.2) is 0 Å². The Morgan fingerprint density at radius 2 is 2.00 bits per heavy atom. The SMILES string of the molecule is CCCCN1C(=O)c2ccc(C(=O)N(CCC#N)Cc3cccnc3)cc2C1=O. The van der Waals surface area contributed by atoms with E-state index in [-0.39, 0.29) is 36.3 Å². The number of amides is 3. The second-order valence-electron chi connectivity index (χ2n) is 6.87. The Hall–Kier alpha value is -3.53. The van der Waals surface area contributed by atoms with Gasteiger partial charge in [-0.2, -0.15) is 5.26 Å². The van der Waals surface area contributed by atoms with E-state index in [1.54, 1.807) is 35.5 Å². The van der Waals surface area contributed by atoms with E-state index in [4.69, 9.17) is 5.26 Å². The van der Waals surface area contributed by atoms with Crippen LogP contribution in [-0.2, 0) is 6.54 Å². The molecule has 29 heavy (non-hydrogen) atoms. The van der Waals surface area contributed by atoms with Crippen molar-refractivity contribution < 1.29 is 14.4 Å². The third-order valence-corrected chi connectivity index (χ3v) is 4.83. The van der Waals surface area contributed by atoms with Gasteiger partial charge >= 0.3 is 0 Å². The number of carbonyl (C=O) groups excluding carboxylic acids is 3. The van der Waals surface area contributed by atoms with Gasteiger partial charge in [0.05, 0.1) is 23.6 Å². The summed E-state index contributed by atoms with van der Waals surface area (Å²) in [6.45, 7) is 2.94. The summed E-state index contributed by atoms with van der Waals surface area (Å²) >= 11 is 0. The summed E-state index contributed by atoms with van der Waals surface area (Å²) in [5.41, 5.74) is 1.76. The van der Waals surface area contributed by atoms with Crippen LogP contribution in [0.5, 0.6) is 0 Å². The molecule has 7 heteroatoms. The highest BCUT2D eigenvalue weighted by molar-refractivity contribution is 6.22. The van der Waals surface area contributed by atoms with E-state index in [9.17, 15) is 14.4 Å². The minimum atomic E-state index is -0.357. The Kier molecular flexibility index (Phi) is 6.35. The smallest absolute Gasteiger partial charge is 0.261 e. The molecule has 1 aliphatic heterocycles. The number of benzene rings is 1. The largest absolute Gasteiger partial charge is 0.333 e. The monoisotopic (exact) mass is 390 g/mol. The van der Waals surface area contributed by atoms with Gasteiger partial charge in [0.1, 0.15) is 0 Å². The molecule has 1 aromatic heterocycles. The molecule has 3 rings (SSSR count). The van der Waals surface area contributed by atoms with Gasteiger partial charge in [0.2, 0.25) is 0 Å². The van der Waals surface area contributed by atoms with Crippen LogP contribution in [0.1, 0.15) is 62.8 Å². The fraction of sp³-hybridized carbons (Fsp3) is 0.318. The lowest BCUT2D eigenvalue weighted by molar-refractivity contribution is 0.0652. The molecule has 0 aliphatic carbocycles. The van der Waals surface area contributed by atoms with Crippen molar-refractivity contribution in [3.05, 3.63) is 65.0 Å². The molecule has 0 spiro atoms. The molecule has 1 aliphatic rings. The maximum absolute atomic E-state index is 13.1. The molecule has 0 N–H and O–H groups in total. The molecule has 0 fully saturated rings. The van der Waals surface area contributed by atoms with E-state index in [1.807, 2.05) is 13.0 Å². The second-order valence-corrected chi connectivity index (χ2v) is 6.87. The Morgan fingerprint density at radius 1 is 1.21 bits per heavy atom. The van der Waals surface area contributed by atoms with Crippen LogP contribution >= 0.6 is 0 Å². The average Bonchev–Trinajstić information content (AvgIpc) is 2.99. The topological polar surface area (TPSA) is 94.4 Å². The van der Waals surface area contributed by atoms with Gasteiger partial charge < -0.3 is 4.90 Å². The molecule has 2 heterocycles. The molecule has 1 aromatic carbocycles. The second kappa shape index (κ2) is 9.11. The van der Waals surface area contributed by atoms with Crippen molar-refractivity contribution in [3.63, 3.8) is 0 Å². The van der Waals surface area contributed by atoms with Crippen molar-refractivity contribution >= 4 is 17.7 Å². The summed E-state index contributed by atoms with van der Waals surface area (Å²) in [5, 5.41) is 8.94. The van der Waals surface area contributed by atoms with Crippen LogP contribution in [0, 0.1) is 11.3 Å². The summed E-state index contributed by atoms with van der Waals surface area (Å²) < 4.78 is 0. The molecule has 148 valence electrons. The minimum Gasteiger partial charge on any atom is -0.333 e. The molecule has 7 nitrogen and oxygen atoms in total. The van der Waals surface area contributed by atoms with Crippen molar-refractivity contribution in [1.82, 2.24) is 14.8 Å². The van der Waals surface area contributed by atoms with Crippen LogP contribution in [0.25, 0.3) is 0 Å². The quantitative estimate of drug-likeness (QED) is 0.646. The number of nitriles is 1. The third kappa shape index (κ3) is 4.32. The first kappa shape index (κ1) is 20.2. The standard InChI is InChI=1S/C22H22N4O3/c1-2-3-12-26-21(28)18-8-7-17(13-19(18)22(26)29)20(27)25(11-5-9-23)15-16-6-4-10-24-14-16/h4,6-8,10,13-14H,2-3,5,11-12,15H2,1H3. The Labute approximate surface area is 169 Å². The number of pyridine rings is 1. The van der Waals surface area contributed by atoms with Crippen LogP contribution in [0.15, 0.2) is 42.7 Å². The number of hydrogen-bond acceptors (Lipinski definition) is 5. The lowest BCUT2D eigenvalue weighted by atomic mass is 10.0. The number of imide groups is 1. The number of aromatic nitrogens is 1. The lowest BCUT2D eigenvalue weighted by Gasteiger charge is -2.22. The van der Waals surface area contributed by atoms with Crippen molar-refractivity contribution in [2.75, 3.05) is 13.1 Å². The number of carbonyl (C=O) groups is 3. The predicted molar refractivity (Wildman–Crippen MR) is 106 cm³/mol. The highest BCUT2D eigenvalue weighted by Crippen LogP contribution is 2.25. The van der Waals surface area contributed by atoms with Gasteiger partial charge in [-0.25, -0.2) is 0 Å². The summed E-state index contributed by atoms with van der Waals surface area (Å²) in [5.74, 6) is -0.961. The van der Waals surface area contributed by atoms with E-state index in [2.05, 4.69) is 11.1 Å². The average molecular weight is 390 g/mol. The number of fused-ring (bicyclic) bond motifs is 1. The van der Waals surface area contributed by atoms with E-state index in [1.165, 1.54) is 11.0 Å². The third-order valence-electron chi connectivity index (χ3n) is 4.83. The zero-order chi connectivity index (χ0) is 20.8. The maximum Gasteiger partial charge on any atom is 0.261 e. The number of nitrogens with zero attached hydrogens (tertiary/aromatic N) is 4. The molecular formula is C22H22N4O3. The molecule has 0 atom stereocenters. The van der Waals surface area contributed by atoms with Gasteiger partial charge in [0, 0.05) is 37.6 Å². The first-order valence-corrected chi connectivity index (χ1v) is 9.62. The van der Waals surface area contributed by atoms with E-state index in [0.29, 0.717) is 24.2 Å². The van der Waals surface area contributed by atoms with Crippen molar-refractivity contribution in [2.24, 2.45) is 0 Å². The molecule has 0 saturated carbocycles. The van der Waals surface area contributed by atoms with Crippen molar-refractivity contribution in [3.8, 4) is 6.07 Å². The fourth-order valence-electron chi connectivity index (χ4n) is 3.28. The van der Waals surface area contributed by atoms with Crippen LogP contribution in [0.2, 0.25) is 0 Å². The van der Waals surface area contributed by atoms with Gasteiger partial charge in [0.25, 0.3) is 17.7 Å². The molecule has 0 bridgehead atoms. The van der Waals surface area contributed by atoms with Crippen molar-refractivity contribution in [2.45, 2.75) is 32.7 Å². The lowest BCUT2D eigenvalue weighted by Crippen LogP contribution is -2.31. The highest BCUT2D eigenvalue weighted by atomic mass is 16.2. The summed E-state index contributed by atoms with van der Waals surface area (Å²) in [6, 6.07) is 10.3. The normalized spacial score (nSPS) is 12.6. The summed E-state index contributed by atoms with van der Waals surface area (Å²) in [6.07, 6.45) is 5.13. The van der Waals surface area contributed by atoms with Gasteiger partial charge in [-0.05, 0) is 36.2 Å². The van der Waals surface area contributed by atoms with Gasteiger partial charge in [-0.15, -0.1) is 0 Å². The van der Waals surface area contributed by atoms with Crippen LogP contribution in [0.4, 0.5) is 0 Å². The highest BCUT2D eigenvalue weighted by Gasteiger charge is 2.35. The number of hydrogen-bond donors (Lipinski definition) is 0. The molecule has 0 radical (unpaired) electrons. The molecular weight excluding hydrogens is 368 g/mol. The van der Waals surface area contributed by atoms with Crippen LogP contribution in [-0.4, -0.2) is 45.6 Å². The van der Waals surface area contributed by atoms with Gasteiger partial charge in [-0.1, -0.05) is 19.4 Å². The first-order valence-electron chi connectivity index (χ1n) is 9.62. The van der Waals surface area contributed by atoms with Gasteiger partial charge in [-0.3, -0.25) is 24.3 Å². The molecule has 2 aromatic rings. The Balaban J connectivity index is 1.85. The van der Waals surface area contributed by atoms with E-state index in [0.717, 1.165) is 18.4 Å². The van der Waals surface area contributed by atoms with E-state index >= 15 is 0 Å². The minimum absolute atomic E-state index is 0.194. The fourth-order valence-corrected chi connectivity index (χ4v) is 3.28. The zero-order valence-electron chi connectivity index (χ0n) is 16.3. The van der Waals surface area contributed by atoms with Crippen LogP contribution in [0.3, 0.4) is 0 Å². The maximum atomic E-state index is 13.1. The Morgan fingerprint density at radius 3 is 2.69 bits per heavy atom. The zero-order valence-corrected chi connectivity index (χ0v) is 16.3. The first-order chi connectivity index (χ1) is 14.1. The van der Waals surface area contributed by atoms with E-state index < -0.39 is 0 Å². The number of unbranched alkanes of at least 4 members (excludes halogenated alkanes) is 1. The molecule has 0 saturated heterocycles. The predicted octanol–water partition coefficient (Wildman–Crippen LogP) is 3.03. The molecule has 3 amide bonds. The van der Waals surface area contributed by atoms with Crippen LogP contribution < -0.4 is 0 Å². The summed E-state index contributed by atoms with van der Waals surface area (Å²) in [7, 11) is 0. The summed E-state index contributed by atoms with van der Waals surface area (Å²) in [4.78, 5) is 45.1. The molecule has 0 unspecified atom stereocenters. The number of rotatable bonds is 8. The van der Waals surface area contributed by atoms with Crippen molar-refractivity contribution in [1.29, 1.82) is 5.26 Å². The Bertz CT molecular complexity index is 966.